The van der Waals surface area contributed by atoms with Crippen LogP contribution in [0.4, 0.5) is 0 Å². The Morgan fingerprint density at radius 2 is 2.28 bits per heavy atom. The van der Waals surface area contributed by atoms with Crippen LogP contribution in [0.15, 0.2) is 22.0 Å². The third-order valence-electron chi connectivity index (χ3n) is 3.00. The molecule has 98 valence electrons. The Morgan fingerprint density at radius 3 is 2.83 bits per heavy atom. The second-order valence-corrected chi connectivity index (χ2v) is 6.26. The van der Waals surface area contributed by atoms with Gasteiger partial charge in [0.1, 0.15) is 0 Å². The first-order valence-electron chi connectivity index (χ1n) is 6.10. The average molecular weight is 328 g/mol. The van der Waals surface area contributed by atoms with Gasteiger partial charge in [-0.05, 0) is 40.2 Å². The van der Waals surface area contributed by atoms with Crippen molar-refractivity contribution in [3.63, 3.8) is 0 Å². The molecule has 0 saturated carbocycles. The summed E-state index contributed by atoms with van der Waals surface area (Å²) in [6, 6.07) is 4.35. The Labute approximate surface area is 120 Å². The zero-order valence-electron chi connectivity index (χ0n) is 10.7. The summed E-state index contributed by atoms with van der Waals surface area (Å²) in [5.41, 5.74) is 8.53. The molecule has 0 bridgehead atoms. The van der Waals surface area contributed by atoms with Crippen LogP contribution < -0.4 is 5.73 Å². The third kappa shape index (κ3) is 3.02. The summed E-state index contributed by atoms with van der Waals surface area (Å²) < 4.78 is 3.06. The largest absolute Gasteiger partial charge is 0.327 e. The van der Waals surface area contributed by atoms with Crippen LogP contribution in [-0.2, 0) is 26.3 Å². The molecule has 2 rings (SSSR count). The van der Waals surface area contributed by atoms with E-state index in [1.165, 1.54) is 10.6 Å². The first kappa shape index (κ1) is 13.8. The highest BCUT2D eigenvalue weighted by Gasteiger charge is 2.15. The molecule has 0 fully saturated rings. The highest BCUT2D eigenvalue weighted by Crippen LogP contribution is 2.23. The summed E-state index contributed by atoms with van der Waals surface area (Å²) in [6.45, 7) is 2.11. The van der Waals surface area contributed by atoms with Gasteiger partial charge in [-0.25, -0.2) is 0 Å². The van der Waals surface area contributed by atoms with Gasteiger partial charge in [0.25, 0.3) is 0 Å². The standard InChI is InChI=1S/C13H18BrN3S/c1-3-11-13(14)12(17(2)16-11)8-9(15)7-10-5-4-6-18-10/h4-6,9H,3,7-8,15H2,1-2H3. The molecule has 0 aliphatic carbocycles. The molecule has 5 heteroatoms. The van der Waals surface area contributed by atoms with Crippen LogP contribution in [0.25, 0.3) is 0 Å². The van der Waals surface area contributed by atoms with Crippen LogP contribution in [0.1, 0.15) is 23.2 Å². The number of nitrogens with two attached hydrogens (primary N) is 1. The molecule has 0 amide bonds. The van der Waals surface area contributed by atoms with Gasteiger partial charge in [0, 0.05) is 24.4 Å². The molecule has 0 saturated heterocycles. The van der Waals surface area contributed by atoms with Gasteiger partial charge in [-0.2, -0.15) is 5.10 Å². The lowest BCUT2D eigenvalue weighted by Gasteiger charge is -2.11. The van der Waals surface area contributed by atoms with Crippen LogP contribution in [-0.4, -0.2) is 15.8 Å². The lowest BCUT2D eigenvalue weighted by Crippen LogP contribution is -2.26. The molecule has 0 aliphatic rings. The first-order chi connectivity index (χ1) is 8.61. The Balaban J connectivity index is 2.07. The van der Waals surface area contributed by atoms with Crippen molar-refractivity contribution in [2.75, 3.05) is 0 Å². The molecule has 2 aromatic heterocycles. The van der Waals surface area contributed by atoms with Crippen molar-refractivity contribution < 1.29 is 0 Å². The second kappa shape index (κ2) is 5.99. The molecule has 2 heterocycles. The number of rotatable bonds is 5. The number of aryl methyl sites for hydroxylation is 2. The maximum Gasteiger partial charge on any atom is 0.0766 e. The molecular weight excluding hydrogens is 310 g/mol. The lowest BCUT2D eigenvalue weighted by molar-refractivity contribution is 0.613. The number of aromatic nitrogens is 2. The van der Waals surface area contributed by atoms with E-state index >= 15 is 0 Å². The van der Waals surface area contributed by atoms with E-state index in [4.69, 9.17) is 5.73 Å². The summed E-state index contributed by atoms with van der Waals surface area (Å²) >= 11 is 5.40. The first-order valence-corrected chi connectivity index (χ1v) is 7.77. The molecule has 3 nitrogen and oxygen atoms in total. The minimum atomic E-state index is 0.139. The number of nitrogens with zero attached hydrogens (tertiary/aromatic N) is 2. The van der Waals surface area contributed by atoms with Crippen molar-refractivity contribution in [3.8, 4) is 0 Å². The molecule has 0 aliphatic heterocycles. The zero-order valence-corrected chi connectivity index (χ0v) is 13.1. The van der Waals surface area contributed by atoms with Gasteiger partial charge < -0.3 is 5.73 Å². The van der Waals surface area contributed by atoms with E-state index in [0.29, 0.717) is 0 Å². The van der Waals surface area contributed by atoms with E-state index in [-0.39, 0.29) is 6.04 Å². The number of hydrogen-bond acceptors (Lipinski definition) is 3. The monoisotopic (exact) mass is 327 g/mol. The average Bonchev–Trinajstić information content (AvgIpc) is 2.92. The molecule has 18 heavy (non-hydrogen) atoms. The third-order valence-corrected chi connectivity index (χ3v) is 4.82. The number of thiophene rings is 1. The van der Waals surface area contributed by atoms with E-state index < -0.39 is 0 Å². The Bertz CT molecular complexity index is 505. The van der Waals surface area contributed by atoms with Crippen molar-refractivity contribution >= 4 is 27.3 Å². The minimum Gasteiger partial charge on any atom is -0.327 e. The smallest absolute Gasteiger partial charge is 0.0766 e. The number of halogens is 1. The molecule has 0 aromatic carbocycles. The molecule has 1 atom stereocenters. The van der Waals surface area contributed by atoms with E-state index in [0.717, 1.165) is 29.4 Å². The van der Waals surface area contributed by atoms with Gasteiger partial charge in [0.05, 0.1) is 15.9 Å². The van der Waals surface area contributed by atoms with Crippen LogP contribution in [0, 0.1) is 0 Å². The van der Waals surface area contributed by atoms with Crippen molar-refractivity contribution in [1.29, 1.82) is 0 Å². The van der Waals surface area contributed by atoms with E-state index in [9.17, 15) is 0 Å². The second-order valence-electron chi connectivity index (χ2n) is 4.43. The molecule has 2 N–H and O–H groups in total. The summed E-state index contributed by atoms with van der Waals surface area (Å²) in [7, 11) is 1.98. The molecule has 0 radical (unpaired) electrons. The van der Waals surface area contributed by atoms with Gasteiger partial charge >= 0.3 is 0 Å². The van der Waals surface area contributed by atoms with E-state index in [2.05, 4.69) is 45.5 Å². The normalized spacial score (nSPS) is 12.9. The molecular formula is C13H18BrN3S. The topological polar surface area (TPSA) is 43.8 Å². The predicted molar refractivity (Wildman–Crippen MR) is 80.0 cm³/mol. The Morgan fingerprint density at radius 1 is 1.50 bits per heavy atom. The maximum atomic E-state index is 6.23. The Hall–Kier alpha value is -0.650. The molecule has 1 unspecified atom stereocenters. The van der Waals surface area contributed by atoms with Crippen LogP contribution in [0.2, 0.25) is 0 Å². The predicted octanol–water partition coefficient (Wildman–Crippen LogP) is 2.92. The summed E-state index contributed by atoms with van der Waals surface area (Å²) in [4.78, 5) is 1.34. The van der Waals surface area contributed by atoms with Crippen molar-refractivity contribution in [1.82, 2.24) is 9.78 Å². The van der Waals surface area contributed by atoms with Crippen molar-refractivity contribution in [2.24, 2.45) is 12.8 Å². The SMILES string of the molecule is CCc1nn(C)c(CC(N)Cc2cccs2)c1Br. The van der Waals surface area contributed by atoms with Gasteiger partial charge in [0.15, 0.2) is 0 Å². The van der Waals surface area contributed by atoms with Crippen molar-refractivity contribution in [3.05, 3.63) is 38.3 Å². The Kier molecular flexibility index (Phi) is 4.59. The zero-order chi connectivity index (χ0) is 13.1. The van der Waals surface area contributed by atoms with Crippen molar-refractivity contribution in [2.45, 2.75) is 32.2 Å². The highest BCUT2D eigenvalue weighted by atomic mass is 79.9. The molecule has 0 spiro atoms. The van der Waals surface area contributed by atoms with E-state index in [1.54, 1.807) is 11.3 Å². The molecule has 2 aromatic rings. The van der Waals surface area contributed by atoms with Gasteiger partial charge in [-0.15, -0.1) is 11.3 Å². The van der Waals surface area contributed by atoms with Crippen LogP contribution in [0.5, 0.6) is 0 Å². The summed E-state index contributed by atoms with van der Waals surface area (Å²) in [5.74, 6) is 0. The number of hydrogen-bond donors (Lipinski definition) is 1. The maximum absolute atomic E-state index is 6.23. The summed E-state index contributed by atoms with van der Waals surface area (Å²) in [5, 5.41) is 6.59. The lowest BCUT2D eigenvalue weighted by atomic mass is 10.1. The highest BCUT2D eigenvalue weighted by molar-refractivity contribution is 9.10. The van der Waals surface area contributed by atoms with E-state index in [1.807, 2.05) is 11.7 Å². The van der Waals surface area contributed by atoms with Gasteiger partial charge in [0.2, 0.25) is 0 Å². The van der Waals surface area contributed by atoms with Crippen LogP contribution in [0.3, 0.4) is 0 Å². The van der Waals surface area contributed by atoms with Gasteiger partial charge in [-0.3, -0.25) is 4.68 Å². The van der Waals surface area contributed by atoms with Crippen LogP contribution >= 0.6 is 27.3 Å². The quantitative estimate of drug-likeness (QED) is 0.917. The minimum absolute atomic E-state index is 0.139. The summed E-state index contributed by atoms with van der Waals surface area (Å²) in [6.07, 6.45) is 2.72. The fourth-order valence-electron chi connectivity index (χ4n) is 2.05. The van der Waals surface area contributed by atoms with Gasteiger partial charge in [-0.1, -0.05) is 13.0 Å². The fourth-order valence-corrected chi connectivity index (χ4v) is 3.63. The fraction of sp³-hybridized carbons (Fsp3) is 0.462.